The van der Waals surface area contributed by atoms with Crippen molar-refractivity contribution in [3.8, 4) is 0 Å². The minimum atomic E-state index is -3.03. The molecule has 1 aromatic rings. The Bertz CT molecular complexity index is 792. The van der Waals surface area contributed by atoms with Crippen molar-refractivity contribution in [2.24, 2.45) is 10.9 Å². The summed E-state index contributed by atoms with van der Waals surface area (Å²) in [5, 5.41) is 0.575. The zero-order valence-electron chi connectivity index (χ0n) is 13.5. The van der Waals surface area contributed by atoms with Gasteiger partial charge in [0.1, 0.15) is 0 Å². The second-order valence-electron chi connectivity index (χ2n) is 6.54. The van der Waals surface area contributed by atoms with Gasteiger partial charge in [-0.2, -0.15) is 4.99 Å². The number of rotatable bonds is 3. The van der Waals surface area contributed by atoms with E-state index in [9.17, 15) is 13.2 Å². The first-order valence-electron chi connectivity index (χ1n) is 7.78. The fraction of sp³-hybridized carbons (Fsp3) is 0.500. The number of amidine groups is 1. The summed E-state index contributed by atoms with van der Waals surface area (Å²) in [6.07, 6.45) is 0.401. The molecule has 2 heterocycles. The molecule has 0 N–H and O–H groups in total. The molecule has 24 heavy (non-hydrogen) atoms. The van der Waals surface area contributed by atoms with E-state index in [0.717, 1.165) is 9.26 Å². The van der Waals surface area contributed by atoms with E-state index in [4.69, 9.17) is 0 Å². The molecule has 2 unspecified atom stereocenters. The largest absolute Gasteiger partial charge is 0.316 e. The highest BCUT2D eigenvalue weighted by Crippen LogP contribution is 2.41. The predicted octanol–water partition coefficient (Wildman–Crippen LogP) is 2.94. The number of thioether (sulfide) groups is 1. The van der Waals surface area contributed by atoms with Crippen LogP contribution in [0.3, 0.4) is 0 Å². The molecule has 0 aromatic heterocycles. The topological polar surface area (TPSA) is 66.8 Å². The van der Waals surface area contributed by atoms with E-state index < -0.39 is 9.84 Å². The van der Waals surface area contributed by atoms with Crippen molar-refractivity contribution in [3.05, 3.63) is 27.8 Å². The number of sulfone groups is 1. The van der Waals surface area contributed by atoms with Gasteiger partial charge in [0, 0.05) is 20.9 Å². The van der Waals surface area contributed by atoms with Crippen molar-refractivity contribution in [2.75, 3.05) is 16.4 Å². The SMILES string of the molecule is CC(C)CC(=O)N=C1SC2CS(=O)(=O)CC2N1c1cccc(I)c1. The van der Waals surface area contributed by atoms with Gasteiger partial charge in [0.25, 0.3) is 0 Å². The number of hydrogen-bond donors (Lipinski definition) is 0. The molecule has 3 rings (SSSR count). The normalized spacial score (nSPS) is 27.0. The molecule has 0 radical (unpaired) electrons. The van der Waals surface area contributed by atoms with Crippen LogP contribution in [0.15, 0.2) is 29.3 Å². The van der Waals surface area contributed by atoms with E-state index >= 15 is 0 Å². The lowest BCUT2D eigenvalue weighted by Gasteiger charge is -2.24. The Morgan fingerprint density at radius 3 is 2.83 bits per heavy atom. The fourth-order valence-electron chi connectivity index (χ4n) is 2.99. The third-order valence-electron chi connectivity index (χ3n) is 3.96. The minimum Gasteiger partial charge on any atom is -0.316 e. The highest BCUT2D eigenvalue weighted by Gasteiger charge is 2.49. The van der Waals surface area contributed by atoms with Crippen molar-refractivity contribution in [3.63, 3.8) is 0 Å². The molecule has 2 aliphatic rings. The summed E-state index contributed by atoms with van der Waals surface area (Å²) in [4.78, 5) is 18.4. The van der Waals surface area contributed by atoms with Crippen LogP contribution < -0.4 is 4.90 Å². The molecule has 2 aliphatic heterocycles. The molecule has 1 aromatic carbocycles. The van der Waals surface area contributed by atoms with Crippen LogP contribution in [0.4, 0.5) is 5.69 Å². The minimum absolute atomic E-state index is 0.0570. The van der Waals surface area contributed by atoms with Gasteiger partial charge in [-0.05, 0) is 46.7 Å². The zero-order valence-corrected chi connectivity index (χ0v) is 17.3. The van der Waals surface area contributed by atoms with Crippen LogP contribution >= 0.6 is 34.4 Å². The van der Waals surface area contributed by atoms with E-state index in [2.05, 4.69) is 27.6 Å². The fourth-order valence-corrected chi connectivity index (χ4v) is 7.45. The molecule has 5 nitrogen and oxygen atoms in total. The predicted molar refractivity (Wildman–Crippen MR) is 107 cm³/mol. The van der Waals surface area contributed by atoms with E-state index in [-0.39, 0.29) is 34.6 Å². The molecule has 130 valence electrons. The number of aliphatic imine (C=N–C) groups is 1. The summed E-state index contributed by atoms with van der Waals surface area (Å²) in [5.74, 6) is 0.374. The average molecular weight is 478 g/mol. The third-order valence-corrected chi connectivity index (χ3v) is 7.84. The van der Waals surface area contributed by atoms with Gasteiger partial charge in [0.05, 0.1) is 17.5 Å². The van der Waals surface area contributed by atoms with Crippen LogP contribution in [0.2, 0.25) is 0 Å². The Morgan fingerprint density at radius 2 is 2.17 bits per heavy atom. The highest BCUT2D eigenvalue weighted by molar-refractivity contribution is 14.1. The summed E-state index contributed by atoms with van der Waals surface area (Å²) < 4.78 is 25.1. The van der Waals surface area contributed by atoms with Crippen molar-refractivity contribution in [1.82, 2.24) is 0 Å². The number of anilines is 1. The van der Waals surface area contributed by atoms with Gasteiger partial charge in [0.15, 0.2) is 15.0 Å². The molecular formula is C16H19IN2O3S2. The van der Waals surface area contributed by atoms with E-state index in [1.54, 1.807) is 0 Å². The summed E-state index contributed by atoms with van der Waals surface area (Å²) in [7, 11) is -3.03. The molecule has 2 saturated heterocycles. The second kappa shape index (κ2) is 6.95. The quantitative estimate of drug-likeness (QED) is 0.626. The molecule has 0 saturated carbocycles. The van der Waals surface area contributed by atoms with Gasteiger partial charge >= 0.3 is 0 Å². The summed E-state index contributed by atoms with van der Waals surface area (Å²) in [6.45, 7) is 3.97. The number of benzene rings is 1. The number of carbonyl (C=O) groups excluding carboxylic acids is 1. The Morgan fingerprint density at radius 1 is 1.42 bits per heavy atom. The molecule has 1 amide bonds. The molecular weight excluding hydrogens is 459 g/mol. The molecule has 2 fully saturated rings. The van der Waals surface area contributed by atoms with Crippen LogP contribution in [-0.2, 0) is 14.6 Å². The average Bonchev–Trinajstić information content (AvgIpc) is 2.88. The molecule has 0 aliphatic carbocycles. The van der Waals surface area contributed by atoms with Crippen LogP contribution in [-0.4, -0.2) is 42.3 Å². The molecule has 0 bridgehead atoms. The van der Waals surface area contributed by atoms with Crippen LogP contribution in [0, 0.1) is 9.49 Å². The van der Waals surface area contributed by atoms with E-state index in [1.807, 2.05) is 43.0 Å². The maximum Gasteiger partial charge on any atom is 0.248 e. The van der Waals surface area contributed by atoms with Crippen molar-refractivity contribution in [1.29, 1.82) is 0 Å². The first-order valence-corrected chi connectivity index (χ1v) is 11.6. The first-order chi connectivity index (χ1) is 11.2. The van der Waals surface area contributed by atoms with Crippen molar-refractivity contribution in [2.45, 2.75) is 31.6 Å². The zero-order chi connectivity index (χ0) is 17.5. The van der Waals surface area contributed by atoms with E-state index in [0.29, 0.717) is 11.6 Å². The Labute approximate surface area is 160 Å². The molecule has 0 spiro atoms. The lowest BCUT2D eigenvalue weighted by atomic mass is 10.1. The van der Waals surface area contributed by atoms with Crippen LogP contribution in [0.25, 0.3) is 0 Å². The summed E-state index contributed by atoms with van der Waals surface area (Å²) in [5.41, 5.74) is 0.898. The number of amides is 1. The number of hydrogen-bond acceptors (Lipinski definition) is 4. The third kappa shape index (κ3) is 3.96. The Balaban J connectivity index is 1.97. The highest BCUT2D eigenvalue weighted by atomic mass is 127. The monoisotopic (exact) mass is 478 g/mol. The first kappa shape index (κ1) is 18.2. The van der Waals surface area contributed by atoms with Gasteiger partial charge in [0.2, 0.25) is 5.91 Å². The second-order valence-corrected chi connectivity index (χ2v) is 11.1. The maximum absolute atomic E-state index is 12.2. The van der Waals surface area contributed by atoms with Crippen LogP contribution in [0.5, 0.6) is 0 Å². The lowest BCUT2D eigenvalue weighted by Crippen LogP contribution is -2.37. The van der Waals surface area contributed by atoms with Gasteiger partial charge in [-0.25, -0.2) is 8.42 Å². The van der Waals surface area contributed by atoms with Gasteiger partial charge in [-0.1, -0.05) is 31.7 Å². The van der Waals surface area contributed by atoms with Crippen molar-refractivity contribution >= 4 is 61.0 Å². The molecule has 2 atom stereocenters. The summed E-state index contributed by atoms with van der Waals surface area (Å²) in [6, 6.07) is 7.71. The Kier molecular flexibility index (Phi) is 5.27. The Hall–Kier alpha value is -0.610. The van der Waals surface area contributed by atoms with Crippen molar-refractivity contribution < 1.29 is 13.2 Å². The smallest absolute Gasteiger partial charge is 0.248 e. The van der Waals surface area contributed by atoms with Crippen LogP contribution in [0.1, 0.15) is 20.3 Å². The maximum atomic E-state index is 12.2. The van der Waals surface area contributed by atoms with Gasteiger partial charge in [-0.15, -0.1) is 0 Å². The number of halogens is 1. The number of fused-ring (bicyclic) bond motifs is 1. The number of nitrogens with zero attached hydrogens (tertiary/aromatic N) is 2. The van der Waals surface area contributed by atoms with E-state index in [1.165, 1.54) is 11.8 Å². The summed E-state index contributed by atoms with van der Waals surface area (Å²) >= 11 is 3.65. The lowest BCUT2D eigenvalue weighted by molar-refractivity contribution is -0.118. The molecule has 8 heteroatoms. The van der Waals surface area contributed by atoms with Gasteiger partial charge < -0.3 is 4.90 Å². The standard InChI is InChI=1S/C16H19IN2O3S2/c1-10(2)6-15(20)18-16-19(12-5-3-4-11(17)7-12)13-8-24(21,22)9-14(13)23-16/h3-5,7,10,13-14H,6,8-9H2,1-2H3. The van der Waals surface area contributed by atoms with Gasteiger partial charge in [-0.3, -0.25) is 4.79 Å². The number of carbonyl (C=O) groups is 1.